The number of amides is 1. The van der Waals surface area contributed by atoms with Gasteiger partial charge in [0.25, 0.3) is 0 Å². The number of nitrogens with zero attached hydrogens (tertiary/aromatic N) is 4. The van der Waals surface area contributed by atoms with Gasteiger partial charge in [-0.3, -0.25) is 14.7 Å². The highest BCUT2D eigenvalue weighted by Gasteiger charge is 2.38. The second-order valence-corrected chi connectivity index (χ2v) is 7.38. The molecule has 2 saturated heterocycles. The molecule has 3 heterocycles. The quantitative estimate of drug-likeness (QED) is 0.893. The molecule has 0 saturated carbocycles. The molecule has 1 aromatic heterocycles. The van der Waals surface area contributed by atoms with Crippen LogP contribution in [0.2, 0.25) is 0 Å². The largest absolute Gasteiger partial charge is 0.375 e. The Hall–Kier alpha value is -2.25. The van der Waals surface area contributed by atoms with Crippen LogP contribution < -0.4 is 5.32 Å². The first kappa shape index (κ1) is 17.2. The fraction of sp³-hybridized carbons (Fsp3) is 0.526. The summed E-state index contributed by atoms with van der Waals surface area (Å²) in [5.74, 6) is 0.933. The fourth-order valence-electron chi connectivity index (χ4n) is 3.78. The summed E-state index contributed by atoms with van der Waals surface area (Å²) in [4.78, 5) is 25.1. The number of anilines is 1. The number of hydrogen-bond acceptors (Lipinski definition) is 6. The highest BCUT2D eigenvalue weighted by atomic mass is 16.5. The molecule has 2 aromatic rings. The smallest absolute Gasteiger partial charge is 0.224 e. The van der Waals surface area contributed by atoms with Crippen LogP contribution in [0.25, 0.3) is 11.0 Å². The van der Waals surface area contributed by atoms with E-state index in [1.165, 1.54) is 0 Å². The van der Waals surface area contributed by atoms with Crippen LogP contribution in [0, 0.1) is 0 Å². The summed E-state index contributed by atoms with van der Waals surface area (Å²) in [6.45, 7) is 2.44. The lowest BCUT2D eigenvalue weighted by molar-refractivity contribution is -0.134. The normalized spacial score (nSPS) is 25.8. The van der Waals surface area contributed by atoms with Crippen LogP contribution in [-0.4, -0.2) is 77.7 Å². The first-order valence-electron chi connectivity index (χ1n) is 9.12. The summed E-state index contributed by atoms with van der Waals surface area (Å²) in [5, 5.41) is 3.52. The molecule has 26 heavy (non-hydrogen) atoms. The third-order valence-electron chi connectivity index (χ3n) is 5.19. The van der Waals surface area contributed by atoms with Gasteiger partial charge < -0.3 is 15.0 Å². The van der Waals surface area contributed by atoms with Crippen molar-refractivity contribution in [2.24, 2.45) is 0 Å². The number of morpholine rings is 1. The fourth-order valence-corrected chi connectivity index (χ4v) is 3.78. The van der Waals surface area contributed by atoms with Gasteiger partial charge in [-0.05, 0) is 18.6 Å². The van der Waals surface area contributed by atoms with Crippen molar-refractivity contribution in [2.75, 3.05) is 39.1 Å². The molecule has 2 aliphatic heterocycles. The molecule has 2 aliphatic rings. The van der Waals surface area contributed by atoms with Crippen LogP contribution >= 0.6 is 0 Å². The number of ether oxygens (including phenoxy) is 1. The molecule has 7 heteroatoms. The molecule has 0 bridgehead atoms. The van der Waals surface area contributed by atoms with Crippen molar-refractivity contribution >= 4 is 22.8 Å². The molecule has 1 amide bonds. The van der Waals surface area contributed by atoms with Crippen molar-refractivity contribution in [2.45, 2.75) is 31.0 Å². The first-order valence-corrected chi connectivity index (χ1v) is 9.12. The van der Waals surface area contributed by atoms with Gasteiger partial charge in [0, 0.05) is 39.3 Å². The number of nitrogens with one attached hydrogen (secondary N) is 1. The second kappa shape index (κ2) is 7.17. The van der Waals surface area contributed by atoms with Gasteiger partial charge in [-0.2, -0.15) is 0 Å². The lowest BCUT2D eigenvalue weighted by Gasteiger charge is -2.35. The first-order chi connectivity index (χ1) is 12.6. The highest BCUT2D eigenvalue weighted by molar-refractivity contribution is 5.76. The van der Waals surface area contributed by atoms with Gasteiger partial charge in [0.05, 0.1) is 36.4 Å². The number of fused-ring (bicyclic) bond motifs is 2. The summed E-state index contributed by atoms with van der Waals surface area (Å²) in [5.41, 5.74) is 1.81. The lowest BCUT2D eigenvalue weighted by atomic mass is 10.1. The Morgan fingerprint density at radius 3 is 2.92 bits per heavy atom. The van der Waals surface area contributed by atoms with E-state index in [0.29, 0.717) is 25.1 Å². The monoisotopic (exact) mass is 355 g/mol. The number of benzene rings is 1. The van der Waals surface area contributed by atoms with E-state index in [4.69, 9.17) is 4.74 Å². The van der Waals surface area contributed by atoms with Gasteiger partial charge in [-0.15, -0.1) is 0 Å². The van der Waals surface area contributed by atoms with Crippen LogP contribution in [0.4, 0.5) is 5.82 Å². The zero-order valence-corrected chi connectivity index (χ0v) is 15.3. The average molecular weight is 355 g/mol. The Balaban J connectivity index is 1.36. The Labute approximate surface area is 153 Å². The Morgan fingerprint density at radius 1 is 1.31 bits per heavy atom. The Kier molecular flexibility index (Phi) is 4.74. The van der Waals surface area contributed by atoms with Crippen LogP contribution in [0.15, 0.2) is 30.5 Å². The maximum atomic E-state index is 11.9. The average Bonchev–Trinajstić information content (AvgIpc) is 3.03. The summed E-state index contributed by atoms with van der Waals surface area (Å²) in [6, 6.07) is 8.62. The number of para-hydroxylation sites is 2. The summed E-state index contributed by atoms with van der Waals surface area (Å²) in [6.07, 6.45) is 3.25. The molecular formula is C19H25N5O2. The molecule has 1 N–H and O–H groups in total. The second-order valence-electron chi connectivity index (χ2n) is 7.38. The van der Waals surface area contributed by atoms with E-state index in [9.17, 15) is 4.79 Å². The van der Waals surface area contributed by atoms with Crippen molar-refractivity contribution in [3.05, 3.63) is 30.5 Å². The molecule has 2 fully saturated rings. The Morgan fingerprint density at radius 2 is 2.12 bits per heavy atom. The molecule has 1 aromatic carbocycles. The maximum Gasteiger partial charge on any atom is 0.224 e. The van der Waals surface area contributed by atoms with E-state index < -0.39 is 0 Å². The van der Waals surface area contributed by atoms with Crippen molar-refractivity contribution in [1.29, 1.82) is 0 Å². The molecule has 138 valence electrons. The van der Waals surface area contributed by atoms with E-state index in [0.717, 1.165) is 36.4 Å². The van der Waals surface area contributed by atoms with Crippen LogP contribution in [0.1, 0.15) is 12.8 Å². The summed E-state index contributed by atoms with van der Waals surface area (Å²) in [7, 11) is 3.57. The third-order valence-corrected chi connectivity index (χ3v) is 5.19. The Bertz CT molecular complexity index is 796. The van der Waals surface area contributed by atoms with Gasteiger partial charge in [0.1, 0.15) is 5.82 Å². The van der Waals surface area contributed by atoms with Gasteiger partial charge in [-0.1, -0.05) is 12.1 Å². The topological polar surface area (TPSA) is 70.6 Å². The number of carbonyl (C=O) groups excluding carboxylic acids is 1. The molecule has 7 nitrogen and oxygen atoms in total. The molecular weight excluding hydrogens is 330 g/mol. The molecule has 4 rings (SSSR count). The minimum absolute atomic E-state index is 0.0136. The van der Waals surface area contributed by atoms with Gasteiger partial charge in [-0.25, -0.2) is 4.98 Å². The summed E-state index contributed by atoms with van der Waals surface area (Å²) < 4.78 is 5.92. The van der Waals surface area contributed by atoms with Crippen molar-refractivity contribution in [3.63, 3.8) is 0 Å². The molecule has 0 radical (unpaired) electrons. The lowest BCUT2D eigenvalue weighted by Crippen LogP contribution is -2.47. The maximum absolute atomic E-state index is 11.9. The number of carbonyl (C=O) groups is 1. The van der Waals surface area contributed by atoms with E-state index in [1.54, 1.807) is 25.2 Å². The van der Waals surface area contributed by atoms with Gasteiger partial charge in [0.2, 0.25) is 5.91 Å². The van der Waals surface area contributed by atoms with Crippen molar-refractivity contribution < 1.29 is 9.53 Å². The minimum Gasteiger partial charge on any atom is -0.375 e. The van der Waals surface area contributed by atoms with Crippen LogP contribution in [0.5, 0.6) is 0 Å². The van der Waals surface area contributed by atoms with E-state index in [-0.39, 0.29) is 12.0 Å². The van der Waals surface area contributed by atoms with Crippen LogP contribution in [0.3, 0.4) is 0 Å². The molecule has 0 unspecified atom stereocenters. The zero-order chi connectivity index (χ0) is 18.1. The van der Waals surface area contributed by atoms with E-state index in [2.05, 4.69) is 20.2 Å². The standard InChI is InChI=1S/C19H25N5O2/c1-23(2)19(25)8-15-11-24-10-13(7-14(24)12-26-15)21-18-9-20-16-5-3-4-6-17(16)22-18/h3-6,9,13-15H,7-8,10-12H2,1-2H3,(H,21,22)/t13-,14+,15+/m1/s1. The number of aromatic nitrogens is 2. The predicted octanol–water partition coefficient (Wildman–Crippen LogP) is 1.36. The number of hydrogen-bond donors (Lipinski definition) is 1. The van der Waals surface area contributed by atoms with E-state index >= 15 is 0 Å². The van der Waals surface area contributed by atoms with Crippen LogP contribution in [-0.2, 0) is 9.53 Å². The molecule has 3 atom stereocenters. The van der Waals surface area contributed by atoms with E-state index in [1.807, 2.05) is 24.3 Å². The SMILES string of the molecule is CN(C)C(=O)C[C@H]1CN2C[C@H](Nc3cnc4ccccc4n3)C[C@H]2CO1. The van der Waals surface area contributed by atoms with Gasteiger partial charge in [0.15, 0.2) is 0 Å². The summed E-state index contributed by atoms with van der Waals surface area (Å²) >= 11 is 0. The third kappa shape index (κ3) is 3.64. The number of rotatable bonds is 4. The predicted molar refractivity (Wildman–Crippen MR) is 100.0 cm³/mol. The molecule has 0 spiro atoms. The highest BCUT2D eigenvalue weighted by Crippen LogP contribution is 2.26. The zero-order valence-electron chi connectivity index (χ0n) is 15.3. The van der Waals surface area contributed by atoms with Crippen molar-refractivity contribution in [3.8, 4) is 0 Å². The minimum atomic E-state index is -0.0136. The molecule has 0 aliphatic carbocycles. The van der Waals surface area contributed by atoms with Crippen molar-refractivity contribution in [1.82, 2.24) is 19.8 Å². The van der Waals surface area contributed by atoms with Gasteiger partial charge >= 0.3 is 0 Å².